The van der Waals surface area contributed by atoms with Gasteiger partial charge in [0.15, 0.2) is 0 Å². The third-order valence-electron chi connectivity index (χ3n) is 3.71. The highest BCUT2D eigenvalue weighted by Crippen LogP contribution is 2.12. The number of benzene rings is 2. The van der Waals surface area contributed by atoms with Crippen LogP contribution in [0.15, 0.2) is 63.0 Å². The molecule has 1 N–H and O–H groups in total. The minimum absolute atomic E-state index is 0.186. The minimum atomic E-state index is -0.328. The van der Waals surface area contributed by atoms with E-state index in [4.69, 9.17) is 4.42 Å². The van der Waals surface area contributed by atoms with E-state index in [1.165, 1.54) is 12.5 Å². The lowest BCUT2D eigenvalue weighted by molar-refractivity contribution is 0.0954. The monoisotopic (exact) mass is 320 g/mol. The number of amides is 1. The number of hydrogen-bond acceptors (Lipinski definition) is 4. The first-order chi connectivity index (χ1) is 11.6. The first-order valence-electron chi connectivity index (χ1n) is 7.47. The third kappa shape index (κ3) is 3.10. The van der Waals surface area contributed by atoms with E-state index in [0.717, 1.165) is 11.1 Å². The molecule has 3 aromatic rings. The number of fused-ring (bicyclic) bond motifs is 1. The molecule has 3 rings (SSSR count). The fourth-order valence-electron chi connectivity index (χ4n) is 2.40. The second-order valence-corrected chi connectivity index (χ2v) is 5.53. The summed E-state index contributed by atoms with van der Waals surface area (Å²) in [5, 5.41) is 4.35. The molecule has 0 aliphatic carbocycles. The van der Waals surface area contributed by atoms with Gasteiger partial charge in [0.25, 0.3) is 5.91 Å². The van der Waals surface area contributed by atoms with E-state index < -0.39 is 0 Å². The molecule has 0 radical (unpaired) electrons. The number of aryl methyl sites for hydroxylation is 2. The van der Waals surface area contributed by atoms with Crippen molar-refractivity contribution < 1.29 is 9.21 Å². The molecule has 1 heterocycles. The largest absolute Gasteiger partial charge is 0.463 e. The van der Waals surface area contributed by atoms with Gasteiger partial charge in [0.1, 0.15) is 11.8 Å². The van der Waals surface area contributed by atoms with E-state index in [0.29, 0.717) is 16.5 Å². The predicted molar refractivity (Wildman–Crippen MR) is 93.5 cm³/mol. The van der Waals surface area contributed by atoms with Gasteiger partial charge >= 0.3 is 0 Å². The molecular weight excluding hydrogens is 304 g/mol. The number of hydrazone groups is 1. The zero-order chi connectivity index (χ0) is 17.1. The molecule has 0 aliphatic rings. The molecule has 0 aliphatic heterocycles. The van der Waals surface area contributed by atoms with Gasteiger partial charge in [0.05, 0.1) is 17.2 Å². The van der Waals surface area contributed by atoms with Gasteiger partial charge in [-0.15, -0.1) is 0 Å². The summed E-state index contributed by atoms with van der Waals surface area (Å²) in [6, 6.07) is 12.6. The van der Waals surface area contributed by atoms with Gasteiger partial charge < -0.3 is 4.42 Å². The Kier molecular flexibility index (Phi) is 4.24. The molecule has 0 fully saturated rings. The summed E-state index contributed by atoms with van der Waals surface area (Å²) in [5.41, 5.74) is 5.39. The highest BCUT2D eigenvalue weighted by atomic mass is 16.3. The van der Waals surface area contributed by atoms with Gasteiger partial charge in [0.2, 0.25) is 5.43 Å². The molecule has 24 heavy (non-hydrogen) atoms. The van der Waals surface area contributed by atoms with Crippen LogP contribution < -0.4 is 10.9 Å². The van der Waals surface area contributed by atoms with Crippen molar-refractivity contribution in [2.45, 2.75) is 13.8 Å². The number of rotatable bonds is 3. The Labute approximate surface area is 138 Å². The normalized spacial score (nSPS) is 11.1. The van der Waals surface area contributed by atoms with Gasteiger partial charge in [-0.25, -0.2) is 5.43 Å². The Morgan fingerprint density at radius 2 is 1.96 bits per heavy atom. The standard InChI is InChI=1S/C19H16N2O3/c1-12-7-8-17-16(9-12)18(22)14(11-24-17)10-20-21-19(23)15-6-4-3-5-13(15)2/h3-11H,1-2H3,(H,21,23)/b20-10+. The average molecular weight is 320 g/mol. The van der Waals surface area contributed by atoms with Crippen LogP contribution in [0, 0.1) is 13.8 Å². The number of nitrogens with one attached hydrogen (secondary N) is 1. The Morgan fingerprint density at radius 3 is 2.75 bits per heavy atom. The maximum Gasteiger partial charge on any atom is 0.271 e. The molecule has 2 aromatic carbocycles. The second kappa shape index (κ2) is 6.50. The smallest absolute Gasteiger partial charge is 0.271 e. The number of carbonyl (C=O) groups excluding carboxylic acids is 1. The molecule has 0 saturated heterocycles. The van der Waals surface area contributed by atoms with Crippen LogP contribution in [-0.2, 0) is 0 Å². The van der Waals surface area contributed by atoms with Crippen LogP contribution in [0.5, 0.6) is 0 Å². The van der Waals surface area contributed by atoms with Crippen LogP contribution >= 0.6 is 0 Å². The van der Waals surface area contributed by atoms with Gasteiger partial charge in [-0.2, -0.15) is 5.10 Å². The first kappa shape index (κ1) is 15.7. The highest BCUT2D eigenvalue weighted by molar-refractivity contribution is 5.96. The Balaban J connectivity index is 1.84. The highest BCUT2D eigenvalue weighted by Gasteiger charge is 2.08. The molecule has 1 aromatic heterocycles. The SMILES string of the molecule is Cc1ccc2occ(/C=N/NC(=O)c3ccccc3C)c(=O)c2c1. The summed E-state index contributed by atoms with van der Waals surface area (Å²) >= 11 is 0. The van der Waals surface area contributed by atoms with Crippen molar-refractivity contribution in [3.8, 4) is 0 Å². The lowest BCUT2D eigenvalue weighted by atomic mass is 10.1. The molecule has 0 saturated carbocycles. The van der Waals surface area contributed by atoms with Crippen molar-refractivity contribution in [1.29, 1.82) is 0 Å². The van der Waals surface area contributed by atoms with Crippen molar-refractivity contribution in [3.05, 3.63) is 81.2 Å². The van der Waals surface area contributed by atoms with E-state index in [-0.39, 0.29) is 16.9 Å². The van der Waals surface area contributed by atoms with E-state index in [1.807, 2.05) is 32.0 Å². The zero-order valence-electron chi connectivity index (χ0n) is 13.4. The molecule has 120 valence electrons. The Bertz CT molecular complexity index is 1000. The Morgan fingerprint density at radius 1 is 1.17 bits per heavy atom. The van der Waals surface area contributed by atoms with Crippen LogP contribution in [0.25, 0.3) is 11.0 Å². The predicted octanol–water partition coefficient (Wildman–Crippen LogP) is 3.17. The van der Waals surface area contributed by atoms with Crippen LogP contribution in [0.3, 0.4) is 0 Å². The zero-order valence-corrected chi connectivity index (χ0v) is 13.4. The van der Waals surface area contributed by atoms with Gasteiger partial charge in [-0.3, -0.25) is 9.59 Å². The lowest BCUT2D eigenvalue weighted by Gasteiger charge is -2.03. The first-order valence-corrected chi connectivity index (χ1v) is 7.47. The summed E-state index contributed by atoms with van der Waals surface area (Å²) in [4.78, 5) is 24.5. The van der Waals surface area contributed by atoms with E-state index in [2.05, 4.69) is 10.5 Å². The van der Waals surface area contributed by atoms with Gasteiger partial charge in [-0.1, -0.05) is 29.8 Å². The second-order valence-electron chi connectivity index (χ2n) is 5.53. The van der Waals surface area contributed by atoms with Gasteiger partial charge in [0, 0.05) is 5.56 Å². The van der Waals surface area contributed by atoms with Crippen molar-refractivity contribution in [1.82, 2.24) is 5.43 Å². The third-order valence-corrected chi connectivity index (χ3v) is 3.71. The molecule has 0 bridgehead atoms. The fraction of sp³-hybridized carbons (Fsp3) is 0.105. The van der Waals surface area contributed by atoms with Crippen LogP contribution in [0.2, 0.25) is 0 Å². The molecule has 5 nitrogen and oxygen atoms in total. The van der Waals surface area contributed by atoms with Crippen LogP contribution in [-0.4, -0.2) is 12.1 Å². The van der Waals surface area contributed by atoms with E-state index in [9.17, 15) is 9.59 Å². The van der Waals surface area contributed by atoms with E-state index in [1.54, 1.807) is 24.3 Å². The number of carbonyl (C=O) groups is 1. The summed E-state index contributed by atoms with van der Waals surface area (Å²) < 4.78 is 5.44. The van der Waals surface area contributed by atoms with Crippen molar-refractivity contribution >= 4 is 23.1 Å². The van der Waals surface area contributed by atoms with Crippen LogP contribution in [0.4, 0.5) is 0 Å². The lowest BCUT2D eigenvalue weighted by Crippen LogP contribution is -2.19. The quantitative estimate of drug-likeness (QED) is 0.595. The molecule has 1 amide bonds. The minimum Gasteiger partial charge on any atom is -0.463 e. The average Bonchev–Trinajstić information content (AvgIpc) is 2.57. The van der Waals surface area contributed by atoms with Crippen LogP contribution in [0.1, 0.15) is 27.0 Å². The maximum absolute atomic E-state index is 12.4. The fourth-order valence-corrected chi connectivity index (χ4v) is 2.40. The summed E-state index contributed by atoms with van der Waals surface area (Å²) in [7, 11) is 0. The van der Waals surface area contributed by atoms with Crippen molar-refractivity contribution in [2.24, 2.45) is 5.10 Å². The summed E-state index contributed by atoms with van der Waals surface area (Å²) in [5.74, 6) is -0.328. The molecule has 0 unspecified atom stereocenters. The topological polar surface area (TPSA) is 71.7 Å². The summed E-state index contributed by atoms with van der Waals surface area (Å²) in [6.45, 7) is 3.75. The molecule has 0 spiro atoms. The van der Waals surface area contributed by atoms with Gasteiger partial charge in [-0.05, 0) is 37.6 Å². The number of hydrogen-bond donors (Lipinski definition) is 1. The maximum atomic E-state index is 12.4. The number of nitrogens with zero attached hydrogens (tertiary/aromatic N) is 1. The summed E-state index contributed by atoms with van der Waals surface area (Å²) in [6.07, 6.45) is 2.63. The van der Waals surface area contributed by atoms with Crippen molar-refractivity contribution in [3.63, 3.8) is 0 Å². The molecule has 5 heteroatoms. The Hall–Kier alpha value is -3.21. The van der Waals surface area contributed by atoms with Crippen molar-refractivity contribution in [2.75, 3.05) is 0 Å². The molecular formula is C19H16N2O3. The van der Waals surface area contributed by atoms with E-state index >= 15 is 0 Å². The molecule has 0 atom stereocenters.